The summed E-state index contributed by atoms with van der Waals surface area (Å²) in [6, 6.07) is 8.84. The number of benzene rings is 1. The molecule has 0 radical (unpaired) electrons. The van der Waals surface area contributed by atoms with Crippen molar-refractivity contribution in [2.75, 3.05) is 6.54 Å². The molecule has 31 heavy (non-hydrogen) atoms. The molecule has 0 bridgehead atoms. The Morgan fingerprint density at radius 3 is 2.61 bits per heavy atom. The molecule has 2 heterocycles. The van der Waals surface area contributed by atoms with Gasteiger partial charge in [0.2, 0.25) is 0 Å². The lowest BCUT2D eigenvalue weighted by Gasteiger charge is -2.18. The number of aliphatic imine (C=N–C) groups is 1. The molecule has 3 rings (SSSR count). The molecule has 7 nitrogen and oxygen atoms in total. The van der Waals surface area contributed by atoms with Gasteiger partial charge in [0.15, 0.2) is 5.96 Å². The predicted molar refractivity (Wildman–Crippen MR) is 126 cm³/mol. The van der Waals surface area contributed by atoms with E-state index in [9.17, 15) is 0 Å². The third kappa shape index (κ3) is 5.96. The van der Waals surface area contributed by atoms with Gasteiger partial charge >= 0.3 is 0 Å². The van der Waals surface area contributed by atoms with Gasteiger partial charge in [-0.05, 0) is 57.7 Å². The fourth-order valence-corrected chi connectivity index (χ4v) is 3.79. The molecule has 2 aromatic heterocycles. The van der Waals surface area contributed by atoms with Gasteiger partial charge in [-0.15, -0.1) is 0 Å². The number of nitrogens with one attached hydrogen (secondary N) is 2. The molecule has 1 unspecified atom stereocenters. The van der Waals surface area contributed by atoms with E-state index in [0.29, 0.717) is 6.54 Å². The van der Waals surface area contributed by atoms with Gasteiger partial charge in [0.05, 0.1) is 12.2 Å². The van der Waals surface area contributed by atoms with Crippen molar-refractivity contribution in [2.24, 2.45) is 12.0 Å². The summed E-state index contributed by atoms with van der Waals surface area (Å²) >= 11 is 0. The highest BCUT2D eigenvalue weighted by atomic mass is 15.3. The number of rotatable bonds is 8. The van der Waals surface area contributed by atoms with Gasteiger partial charge in [-0.2, -0.15) is 5.10 Å². The third-order valence-electron chi connectivity index (χ3n) is 5.58. The minimum atomic E-state index is 0.245. The summed E-state index contributed by atoms with van der Waals surface area (Å²) in [5, 5.41) is 11.4. The zero-order valence-corrected chi connectivity index (χ0v) is 19.6. The molecule has 166 valence electrons. The van der Waals surface area contributed by atoms with Crippen molar-refractivity contribution in [1.29, 1.82) is 0 Å². The van der Waals surface area contributed by atoms with E-state index >= 15 is 0 Å². The molecule has 0 aliphatic rings. The van der Waals surface area contributed by atoms with Crippen LogP contribution in [0, 0.1) is 20.8 Å². The van der Waals surface area contributed by atoms with Gasteiger partial charge in [-0.1, -0.05) is 24.3 Å². The van der Waals surface area contributed by atoms with E-state index in [-0.39, 0.29) is 6.04 Å². The van der Waals surface area contributed by atoms with Crippen LogP contribution in [0.2, 0.25) is 0 Å². The van der Waals surface area contributed by atoms with Gasteiger partial charge in [0.1, 0.15) is 5.82 Å². The minimum absolute atomic E-state index is 0.245. The average molecular weight is 422 g/mol. The summed E-state index contributed by atoms with van der Waals surface area (Å²) in [4.78, 5) is 9.13. The highest BCUT2D eigenvalue weighted by molar-refractivity contribution is 5.80. The zero-order valence-electron chi connectivity index (χ0n) is 19.6. The van der Waals surface area contributed by atoms with Crippen LogP contribution < -0.4 is 10.6 Å². The summed E-state index contributed by atoms with van der Waals surface area (Å²) < 4.78 is 4.10. The fraction of sp³-hybridized carbons (Fsp3) is 0.458. The second kappa shape index (κ2) is 10.3. The summed E-state index contributed by atoms with van der Waals surface area (Å²) in [6.07, 6.45) is 4.77. The maximum Gasteiger partial charge on any atom is 0.191 e. The monoisotopic (exact) mass is 421 g/mol. The van der Waals surface area contributed by atoms with Crippen LogP contribution in [0.4, 0.5) is 0 Å². The van der Waals surface area contributed by atoms with Crippen molar-refractivity contribution in [1.82, 2.24) is 30.0 Å². The SMILES string of the molecule is CCNC(=NCc1cccc(Cn2ccnc2C)c1)NC(C)Cc1c(C)nn(C)c1C. The third-order valence-corrected chi connectivity index (χ3v) is 5.58. The second-order valence-corrected chi connectivity index (χ2v) is 8.14. The standard InChI is InChI=1S/C24H35N7/c1-7-25-24(28-17(2)13-23-18(3)29-30(6)19(23)4)27-15-21-9-8-10-22(14-21)16-31-12-11-26-20(31)5/h8-12,14,17H,7,13,15-16H2,1-6H3,(H2,25,27,28). The molecule has 2 N–H and O–H groups in total. The highest BCUT2D eigenvalue weighted by Crippen LogP contribution is 2.14. The topological polar surface area (TPSA) is 72.1 Å². The molecule has 0 spiro atoms. The second-order valence-electron chi connectivity index (χ2n) is 8.14. The van der Waals surface area contributed by atoms with Gasteiger partial charge in [-0.3, -0.25) is 4.68 Å². The lowest BCUT2D eigenvalue weighted by molar-refractivity contribution is 0.635. The summed E-state index contributed by atoms with van der Waals surface area (Å²) in [5.74, 6) is 1.86. The van der Waals surface area contributed by atoms with Crippen molar-refractivity contribution in [3.8, 4) is 0 Å². The van der Waals surface area contributed by atoms with Crippen LogP contribution in [-0.4, -0.2) is 37.9 Å². The largest absolute Gasteiger partial charge is 0.357 e. The predicted octanol–water partition coefficient (Wildman–Crippen LogP) is 3.28. The molecule has 0 amide bonds. The number of aryl methyl sites for hydroxylation is 3. The van der Waals surface area contributed by atoms with Crippen molar-refractivity contribution in [3.63, 3.8) is 0 Å². The quantitative estimate of drug-likeness (QED) is 0.433. The van der Waals surface area contributed by atoms with Gasteiger partial charge in [0.25, 0.3) is 0 Å². The van der Waals surface area contributed by atoms with Crippen LogP contribution >= 0.6 is 0 Å². The van der Waals surface area contributed by atoms with Crippen molar-refractivity contribution in [2.45, 2.75) is 60.2 Å². The van der Waals surface area contributed by atoms with Crippen molar-refractivity contribution < 1.29 is 0 Å². The Hall–Kier alpha value is -3.09. The van der Waals surface area contributed by atoms with E-state index < -0.39 is 0 Å². The Balaban J connectivity index is 1.65. The first-order chi connectivity index (χ1) is 14.9. The van der Waals surface area contributed by atoms with E-state index in [1.165, 1.54) is 22.4 Å². The molecule has 7 heteroatoms. The molecular formula is C24H35N7. The van der Waals surface area contributed by atoms with Crippen LogP contribution in [0.3, 0.4) is 0 Å². The van der Waals surface area contributed by atoms with Crippen LogP contribution in [0.1, 0.15) is 47.8 Å². The smallest absolute Gasteiger partial charge is 0.191 e. The van der Waals surface area contributed by atoms with Crippen LogP contribution in [0.5, 0.6) is 0 Å². The molecule has 0 aliphatic carbocycles. The number of hydrogen-bond donors (Lipinski definition) is 2. The van der Waals surface area contributed by atoms with E-state index in [1.54, 1.807) is 0 Å². The molecular weight excluding hydrogens is 386 g/mol. The molecule has 0 fully saturated rings. The minimum Gasteiger partial charge on any atom is -0.357 e. The van der Waals surface area contributed by atoms with Crippen molar-refractivity contribution >= 4 is 5.96 Å². The number of aromatic nitrogens is 4. The number of imidazole rings is 1. The molecule has 0 saturated heterocycles. The number of nitrogens with zero attached hydrogens (tertiary/aromatic N) is 5. The fourth-order valence-electron chi connectivity index (χ4n) is 3.79. The first-order valence-electron chi connectivity index (χ1n) is 11.0. The average Bonchev–Trinajstić information content (AvgIpc) is 3.24. The first kappa shape index (κ1) is 22.6. The molecule has 0 aliphatic heterocycles. The molecule has 1 aromatic carbocycles. The van der Waals surface area contributed by atoms with E-state index in [4.69, 9.17) is 4.99 Å². The van der Waals surface area contributed by atoms with Gasteiger partial charge in [0, 0.05) is 44.3 Å². The number of hydrogen-bond acceptors (Lipinski definition) is 3. The van der Waals surface area contributed by atoms with E-state index in [0.717, 1.165) is 37.0 Å². The van der Waals surface area contributed by atoms with E-state index in [2.05, 4.69) is 77.2 Å². The summed E-state index contributed by atoms with van der Waals surface area (Å²) in [5.41, 5.74) is 6.07. The zero-order chi connectivity index (χ0) is 22.4. The van der Waals surface area contributed by atoms with Gasteiger partial charge in [-0.25, -0.2) is 9.98 Å². The molecule has 0 saturated carbocycles. The highest BCUT2D eigenvalue weighted by Gasteiger charge is 2.14. The molecule has 1 atom stereocenters. The van der Waals surface area contributed by atoms with Crippen LogP contribution in [-0.2, 0) is 26.6 Å². The Labute approximate surface area is 185 Å². The summed E-state index contributed by atoms with van der Waals surface area (Å²) in [7, 11) is 2.00. The number of guanidine groups is 1. The van der Waals surface area contributed by atoms with Gasteiger partial charge < -0.3 is 15.2 Å². The Morgan fingerprint density at radius 2 is 1.97 bits per heavy atom. The maximum atomic E-state index is 4.83. The first-order valence-corrected chi connectivity index (χ1v) is 11.0. The van der Waals surface area contributed by atoms with Crippen LogP contribution in [0.15, 0.2) is 41.7 Å². The Morgan fingerprint density at radius 1 is 1.19 bits per heavy atom. The molecule has 3 aromatic rings. The Bertz CT molecular complexity index is 1030. The Kier molecular flexibility index (Phi) is 7.50. The van der Waals surface area contributed by atoms with Crippen LogP contribution in [0.25, 0.3) is 0 Å². The summed E-state index contributed by atoms with van der Waals surface area (Å²) in [6.45, 7) is 12.8. The van der Waals surface area contributed by atoms with E-state index in [1.807, 2.05) is 31.0 Å². The maximum absolute atomic E-state index is 4.83. The lowest BCUT2D eigenvalue weighted by Crippen LogP contribution is -2.43. The van der Waals surface area contributed by atoms with Crippen molar-refractivity contribution in [3.05, 3.63) is 70.6 Å². The lowest BCUT2D eigenvalue weighted by atomic mass is 10.1. The normalized spacial score (nSPS) is 12.8.